The van der Waals surface area contributed by atoms with Crippen LogP contribution in [-0.4, -0.2) is 38.9 Å². The molecule has 0 fully saturated rings. The molecule has 1 amide bonds. The summed E-state index contributed by atoms with van der Waals surface area (Å²) in [6.45, 7) is -0.216. The SMILES string of the molecule is COc1ccc(C(=O)Oc2c(Br)cc(/C=N\NC(=O)COc3ccc(Cl)cc3)cc2OC)cc1. The molecule has 0 unspecified atom stereocenters. The number of methoxy groups -OCH3 is 2. The Labute approximate surface area is 209 Å². The van der Waals surface area contributed by atoms with Crippen LogP contribution in [0.2, 0.25) is 5.02 Å². The fraction of sp³-hybridized carbons (Fsp3) is 0.125. The van der Waals surface area contributed by atoms with Crippen LogP contribution in [0.5, 0.6) is 23.0 Å². The number of nitrogens with zero attached hydrogens (tertiary/aromatic N) is 1. The van der Waals surface area contributed by atoms with Gasteiger partial charge in [-0.05, 0) is 82.2 Å². The Balaban J connectivity index is 1.61. The number of amides is 1. The van der Waals surface area contributed by atoms with Crippen LogP contribution in [0.15, 0.2) is 70.2 Å². The van der Waals surface area contributed by atoms with E-state index in [9.17, 15) is 9.59 Å². The van der Waals surface area contributed by atoms with Crippen molar-refractivity contribution in [3.63, 3.8) is 0 Å². The first-order chi connectivity index (χ1) is 16.4. The lowest BCUT2D eigenvalue weighted by Gasteiger charge is -2.12. The van der Waals surface area contributed by atoms with Gasteiger partial charge in [0.15, 0.2) is 18.1 Å². The molecule has 8 nitrogen and oxygen atoms in total. The molecule has 0 bridgehead atoms. The van der Waals surface area contributed by atoms with E-state index in [1.807, 2.05) is 0 Å². The van der Waals surface area contributed by atoms with Gasteiger partial charge in [-0.3, -0.25) is 4.79 Å². The van der Waals surface area contributed by atoms with Crippen LogP contribution in [0, 0.1) is 0 Å². The molecule has 0 spiro atoms. The van der Waals surface area contributed by atoms with Gasteiger partial charge in [0.05, 0.1) is 30.5 Å². The molecule has 3 aromatic rings. The fourth-order valence-corrected chi connectivity index (χ4v) is 3.35. The predicted octanol–water partition coefficient (Wildman–Crippen LogP) is 4.87. The average molecular weight is 548 g/mol. The molecule has 0 radical (unpaired) electrons. The highest BCUT2D eigenvalue weighted by atomic mass is 79.9. The lowest BCUT2D eigenvalue weighted by atomic mass is 10.2. The Bertz CT molecular complexity index is 1180. The van der Waals surface area contributed by atoms with Gasteiger partial charge in [0, 0.05) is 5.02 Å². The van der Waals surface area contributed by atoms with E-state index in [-0.39, 0.29) is 12.4 Å². The van der Waals surface area contributed by atoms with Crippen LogP contribution in [0.1, 0.15) is 15.9 Å². The molecule has 0 aromatic heterocycles. The van der Waals surface area contributed by atoms with Crippen LogP contribution in [0.25, 0.3) is 0 Å². The molecule has 34 heavy (non-hydrogen) atoms. The fourth-order valence-electron chi connectivity index (χ4n) is 2.68. The van der Waals surface area contributed by atoms with Gasteiger partial charge in [0.1, 0.15) is 11.5 Å². The second-order valence-corrected chi connectivity index (χ2v) is 7.98. The summed E-state index contributed by atoms with van der Waals surface area (Å²) in [5, 5.41) is 4.49. The third kappa shape index (κ3) is 6.97. The molecule has 3 rings (SSSR count). The summed E-state index contributed by atoms with van der Waals surface area (Å²) >= 11 is 9.20. The highest BCUT2D eigenvalue weighted by Crippen LogP contribution is 2.37. The Kier molecular flexibility index (Phi) is 8.89. The van der Waals surface area contributed by atoms with Crippen molar-refractivity contribution in [3.8, 4) is 23.0 Å². The molecule has 3 aromatic carbocycles. The minimum absolute atomic E-state index is 0.209. The van der Waals surface area contributed by atoms with Crippen molar-refractivity contribution in [2.45, 2.75) is 0 Å². The molecule has 1 N–H and O–H groups in total. The van der Waals surface area contributed by atoms with Crippen LogP contribution < -0.4 is 24.4 Å². The number of halogens is 2. The summed E-state index contributed by atoms with van der Waals surface area (Å²) in [5.74, 6) is 0.647. The number of esters is 1. The molecular weight excluding hydrogens is 528 g/mol. The Morgan fingerprint density at radius 1 is 1.00 bits per heavy atom. The second-order valence-electron chi connectivity index (χ2n) is 6.69. The normalized spacial score (nSPS) is 10.6. The molecule has 0 saturated heterocycles. The summed E-state index contributed by atoms with van der Waals surface area (Å²) in [5.41, 5.74) is 3.32. The molecule has 176 valence electrons. The zero-order valence-electron chi connectivity index (χ0n) is 18.2. The minimum atomic E-state index is -0.559. The lowest BCUT2D eigenvalue weighted by molar-refractivity contribution is -0.123. The highest BCUT2D eigenvalue weighted by molar-refractivity contribution is 9.10. The van der Waals surface area contributed by atoms with Crippen molar-refractivity contribution < 1.29 is 28.5 Å². The van der Waals surface area contributed by atoms with Crippen molar-refractivity contribution >= 4 is 45.6 Å². The number of rotatable bonds is 9. The summed E-state index contributed by atoms with van der Waals surface area (Å²) in [6.07, 6.45) is 1.42. The first-order valence-electron chi connectivity index (χ1n) is 9.83. The maximum atomic E-state index is 12.5. The van der Waals surface area contributed by atoms with Crippen LogP contribution in [0.4, 0.5) is 0 Å². The number of hydrazone groups is 1. The van der Waals surface area contributed by atoms with Gasteiger partial charge in [-0.15, -0.1) is 0 Å². The third-order valence-corrected chi connectivity index (χ3v) is 5.20. The van der Waals surface area contributed by atoms with E-state index in [1.54, 1.807) is 67.8 Å². The quantitative estimate of drug-likeness (QED) is 0.178. The molecule has 0 saturated carbocycles. The molecule has 0 aliphatic rings. The van der Waals surface area contributed by atoms with E-state index in [0.717, 1.165) is 0 Å². The van der Waals surface area contributed by atoms with E-state index in [4.69, 9.17) is 30.5 Å². The van der Waals surface area contributed by atoms with E-state index in [2.05, 4.69) is 26.5 Å². The Morgan fingerprint density at radius 3 is 2.32 bits per heavy atom. The highest BCUT2D eigenvalue weighted by Gasteiger charge is 2.17. The van der Waals surface area contributed by atoms with Gasteiger partial charge >= 0.3 is 5.97 Å². The van der Waals surface area contributed by atoms with Crippen LogP contribution >= 0.6 is 27.5 Å². The van der Waals surface area contributed by atoms with Crippen LogP contribution in [0.3, 0.4) is 0 Å². The second kappa shape index (κ2) is 12.1. The van der Waals surface area contributed by atoms with E-state index < -0.39 is 11.9 Å². The lowest BCUT2D eigenvalue weighted by Crippen LogP contribution is -2.24. The number of nitrogens with one attached hydrogen (secondary N) is 1. The monoisotopic (exact) mass is 546 g/mol. The van der Waals surface area contributed by atoms with Gasteiger partial charge in [0.25, 0.3) is 5.91 Å². The van der Waals surface area contributed by atoms with Gasteiger partial charge in [-0.2, -0.15) is 5.10 Å². The Morgan fingerprint density at radius 2 is 1.68 bits per heavy atom. The number of hydrogen-bond donors (Lipinski definition) is 1. The summed E-state index contributed by atoms with van der Waals surface area (Å²) in [7, 11) is 2.99. The summed E-state index contributed by atoms with van der Waals surface area (Å²) in [6, 6.07) is 16.4. The number of ether oxygens (including phenoxy) is 4. The number of benzene rings is 3. The van der Waals surface area contributed by atoms with Crippen molar-refractivity contribution in [1.82, 2.24) is 5.43 Å². The standard InChI is InChI=1S/C24H20BrClN2O6/c1-31-18-7-3-16(4-8-18)24(30)34-23-20(25)11-15(12-21(23)32-2)13-27-28-22(29)14-33-19-9-5-17(26)6-10-19/h3-13H,14H2,1-2H3,(H,28,29)/b27-13-. The molecule has 10 heteroatoms. The predicted molar refractivity (Wildman–Crippen MR) is 131 cm³/mol. The molecule has 0 aliphatic heterocycles. The van der Waals surface area contributed by atoms with Crippen molar-refractivity contribution in [3.05, 3.63) is 81.3 Å². The van der Waals surface area contributed by atoms with Crippen LogP contribution in [-0.2, 0) is 4.79 Å². The molecule has 0 aliphatic carbocycles. The zero-order chi connectivity index (χ0) is 24.5. The molecule has 0 atom stereocenters. The first-order valence-corrected chi connectivity index (χ1v) is 11.0. The summed E-state index contributed by atoms with van der Waals surface area (Å²) in [4.78, 5) is 24.5. The Hall–Kier alpha value is -3.56. The van der Waals surface area contributed by atoms with Gasteiger partial charge in [-0.25, -0.2) is 10.2 Å². The number of carbonyl (C=O) groups is 2. The smallest absolute Gasteiger partial charge is 0.343 e. The van der Waals surface area contributed by atoms with Gasteiger partial charge < -0.3 is 18.9 Å². The first kappa shape index (κ1) is 25.1. The maximum Gasteiger partial charge on any atom is 0.343 e. The number of carbonyl (C=O) groups excluding carboxylic acids is 2. The van der Waals surface area contributed by atoms with E-state index >= 15 is 0 Å². The molecule has 0 heterocycles. The van der Waals surface area contributed by atoms with Gasteiger partial charge in [0.2, 0.25) is 0 Å². The van der Waals surface area contributed by atoms with Crippen molar-refractivity contribution in [2.24, 2.45) is 5.10 Å². The van der Waals surface area contributed by atoms with E-state index in [1.165, 1.54) is 13.3 Å². The largest absolute Gasteiger partial charge is 0.497 e. The third-order valence-electron chi connectivity index (χ3n) is 4.36. The maximum absolute atomic E-state index is 12.5. The van der Waals surface area contributed by atoms with Crippen molar-refractivity contribution in [2.75, 3.05) is 20.8 Å². The topological polar surface area (TPSA) is 95.5 Å². The number of hydrogen-bond acceptors (Lipinski definition) is 7. The minimum Gasteiger partial charge on any atom is -0.497 e. The summed E-state index contributed by atoms with van der Waals surface area (Å²) < 4.78 is 21.8. The van der Waals surface area contributed by atoms with Gasteiger partial charge in [-0.1, -0.05) is 11.6 Å². The van der Waals surface area contributed by atoms with Crippen molar-refractivity contribution in [1.29, 1.82) is 0 Å². The zero-order valence-corrected chi connectivity index (χ0v) is 20.6. The van der Waals surface area contributed by atoms with E-state index in [0.29, 0.717) is 37.9 Å². The average Bonchev–Trinajstić information content (AvgIpc) is 2.85. The molecular formula is C24H20BrClN2O6.